The molecule has 0 spiro atoms. The first-order valence-corrected chi connectivity index (χ1v) is 10.9. The van der Waals surface area contributed by atoms with E-state index < -0.39 is 0 Å². The molecule has 5 heteroatoms. The van der Waals surface area contributed by atoms with Gasteiger partial charge in [-0.3, -0.25) is 9.69 Å². The molecule has 1 N–H and O–H groups in total. The molecular weight excluding hydrogens is 368 g/mol. The summed E-state index contributed by atoms with van der Waals surface area (Å²) in [4.78, 5) is 16.2. The maximum atomic E-state index is 12.5. The van der Waals surface area contributed by atoms with Gasteiger partial charge in [0.05, 0.1) is 18.9 Å². The number of nitrogens with zero attached hydrogens (tertiary/aromatic N) is 1. The first-order valence-electron chi connectivity index (χ1n) is 9.92. The van der Waals surface area contributed by atoms with Crippen molar-refractivity contribution in [3.05, 3.63) is 59.2 Å². The summed E-state index contributed by atoms with van der Waals surface area (Å²) in [5, 5.41) is 3.16. The zero-order valence-corrected chi connectivity index (χ0v) is 17.8. The van der Waals surface area contributed by atoms with Gasteiger partial charge in [0.15, 0.2) is 0 Å². The number of aryl methyl sites for hydroxylation is 2. The largest absolute Gasteiger partial charge is 0.496 e. The minimum atomic E-state index is 0.0741. The van der Waals surface area contributed by atoms with Crippen LogP contribution in [0.5, 0.6) is 5.75 Å². The SMILES string of the molecule is COc1ccccc1C(CNC(=O)CSc1cc(C)ccc1C)N1CCCC1. The number of para-hydroxylation sites is 1. The molecule has 3 rings (SSSR count). The summed E-state index contributed by atoms with van der Waals surface area (Å²) in [5.41, 5.74) is 3.58. The van der Waals surface area contributed by atoms with Gasteiger partial charge < -0.3 is 10.1 Å². The number of rotatable bonds is 8. The molecule has 1 amide bonds. The second-order valence-electron chi connectivity index (χ2n) is 7.36. The second-order valence-corrected chi connectivity index (χ2v) is 8.38. The van der Waals surface area contributed by atoms with Crippen molar-refractivity contribution in [2.75, 3.05) is 32.5 Å². The molecule has 1 aliphatic heterocycles. The molecular formula is C23H30N2O2S. The van der Waals surface area contributed by atoms with E-state index in [0.717, 1.165) is 24.4 Å². The number of carbonyl (C=O) groups excluding carboxylic acids is 1. The van der Waals surface area contributed by atoms with Gasteiger partial charge in [-0.05, 0) is 57.5 Å². The predicted molar refractivity (Wildman–Crippen MR) is 116 cm³/mol. The molecule has 28 heavy (non-hydrogen) atoms. The Morgan fingerprint density at radius 3 is 2.68 bits per heavy atom. The van der Waals surface area contributed by atoms with Gasteiger partial charge in [-0.2, -0.15) is 0 Å². The summed E-state index contributed by atoms with van der Waals surface area (Å²) in [6, 6.07) is 14.6. The van der Waals surface area contributed by atoms with Gasteiger partial charge in [-0.15, -0.1) is 11.8 Å². The molecule has 4 nitrogen and oxygen atoms in total. The molecule has 0 saturated carbocycles. The maximum Gasteiger partial charge on any atom is 0.230 e. The highest BCUT2D eigenvalue weighted by molar-refractivity contribution is 8.00. The Hall–Kier alpha value is -1.98. The molecule has 1 heterocycles. The first kappa shape index (κ1) is 20.7. The third-order valence-electron chi connectivity index (χ3n) is 5.27. The highest BCUT2D eigenvalue weighted by Crippen LogP contribution is 2.31. The first-order chi connectivity index (χ1) is 13.6. The van der Waals surface area contributed by atoms with Gasteiger partial charge in [0.1, 0.15) is 5.75 Å². The number of methoxy groups -OCH3 is 1. The lowest BCUT2D eigenvalue weighted by molar-refractivity contribution is -0.118. The number of carbonyl (C=O) groups is 1. The van der Waals surface area contributed by atoms with Crippen LogP contribution in [0.4, 0.5) is 0 Å². The molecule has 1 atom stereocenters. The summed E-state index contributed by atoms with van der Waals surface area (Å²) in [6.07, 6.45) is 2.42. The van der Waals surface area contributed by atoms with Crippen molar-refractivity contribution in [1.29, 1.82) is 0 Å². The van der Waals surface area contributed by atoms with Crippen LogP contribution in [0.2, 0.25) is 0 Å². The molecule has 2 aromatic carbocycles. The number of ether oxygens (including phenoxy) is 1. The number of thioether (sulfide) groups is 1. The monoisotopic (exact) mass is 398 g/mol. The van der Waals surface area contributed by atoms with Crippen molar-refractivity contribution in [1.82, 2.24) is 10.2 Å². The smallest absolute Gasteiger partial charge is 0.230 e. The zero-order valence-electron chi connectivity index (χ0n) is 17.0. The number of benzene rings is 2. The Kier molecular flexibility index (Phi) is 7.40. The topological polar surface area (TPSA) is 41.6 Å². The summed E-state index contributed by atoms with van der Waals surface area (Å²) >= 11 is 1.61. The van der Waals surface area contributed by atoms with Crippen LogP contribution in [0, 0.1) is 13.8 Å². The Morgan fingerprint density at radius 1 is 1.18 bits per heavy atom. The van der Waals surface area contributed by atoms with Crippen molar-refractivity contribution in [2.24, 2.45) is 0 Å². The van der Waals surface area contributed by atoms with E-state index in [2.05, 4.69) is 48.3 Å². The van der Waals surface area contributed by atoms with E-state index in [4.69, 9.17) is 4.74 Å². The fourth-order valence-electron chi connectivity index (χ4n) is 3.70. The predicted octanol–water partition coefficient (Wildman–Crippen LogP) is 4.36. The van der Waals surface area contributed by atoms with Crippen LogP contribution in [0.1, 0.15) is 35.6 Å². The lowest BCUT2D eigenvalue weighted by Crippen LogP contribution is -2.37. The van der Waals surface area contributed by atoms with Crippen molar-refractivity contribution in [2.45, 2.75) is 37.6 Å². The normalized spacial score (nSPS) is 15.4. The van der Waals surface area contributed by atoms with E-state index in [1.165, 1.54) is 28.9 Å². The minimum absolute atomic E-state index is 0.0741. The number of amides is 1. The molecule has 0 aliphatic carbocycles. The quantitative estimate of drug-likeness (QED) is 0.671. The average Bonchev–Trinajstić information content (AvgIpc) is 3.23. The van der Waals surface area contributed by atoms with Crippen LogP contribution in [0.15, 0.2) is 47.4 Å². The maximum absolute atomic E-state index is 12.5. The Labute approximate surface area is 172 Å². The molecule has 1 aliphatic rings. The number of hydrogen-bond acceptors (Lipinski definition) is 4. The molecule has 1 fully saturated rings. The molecule has 150 valence electrons. The van der Waals surface area contributed by atoms with E-state index in [1.54, 1.807) is 18.9 Å². The average molecular weight is 399 g/mol. The van der Waals surface area contributed by atoms with Crippen LogP contribution in [-0.2, 0) is 4.79 Å². The van der Waals surface area contributed by atoms with Crippen molar-refractivity contribution in [3.8, 4) is 5.75 Å². The Bertz CT molecular complexity index is 803. The van der Waals surface area contributed by atoms with Gasteiger partial charge >= 0.3 is 0 Å². The molecule has 0 aromatic heterocycles. The highest BCUT2D eigenvalue weighted by atomic mass is 32.2. The summed E-state index contributed by atoms with van der Waals surface area (Å²) in [6.45, 7) is 6.90. The zero-order chi connectivity index (χ0) is 19.9. The lowest BCUT2D eigenvalue weighted by Gasteiger charge is -2.29. The van der Waals surface area contributed by atoms with Crippen molar-refractivity contribution < 1.29 is 9.53 Å². The fourth-order valence-corrected chi connectivity index (χ4v) is 4.65. The molecule has 1 saturated heterocycles. The van der Waals surface area contributed by atoms with Crippen LogP contribution in [0.25, 0.3) is 0 Å². The van der Waals surface area contributed by atoms with Crippen LogP contribution < -0.4 is 10.1 Å². The Balaban J connectivity index is 1.63. The molecule has 0 bridgehead atoms. The van der Waals surface area contributed by atoms with Gasteiger partial charge in [0.25, 0.3) is 0 Å². The van der Waals surface area contributed by atoms with Crippen LogP contribution in [0.3, 0.4) is 0 Å². The third kappa shape index (κ3) is 5.30. The number of nitrogens with one attached hydrogen (secondary N) is 1. The standard InChI is InChI=1S/C23H30N2O2S/c1-17-10-11-18(2)22(14-17)28-16-23(26)24-15-20(25-12-6-7-13-25)19-8-4-5-9-21(19)27-3/h4-5,8-11,14,20H,6-7,12-13,15-16H2,1-3H3,(H,24,26). The Morgan fingerprint density at radius 2 is 1.93 bits per heavy atom. The van der Waals surface area contributed by atoms with Crippen LogP contribution in [-0.4, -0.2) is 43.3 Å². The highest BCUT2D eigenvalue weighted by Gasteiger charge is 2.26. The van der Waals surface area contributed by atoms with Crippen molar-refractivity contribution >= 4 is 17.7 Å². The van der Waals surface area contributed by atoms with Gasteiger partial charge in [0.2, 0.25) is 5.91 Å². The number of hydrogen-bond donors (Lipinski definition) is 1. The summed E-state index contributed by atoms with van der Waals surface area (Å²) < 4.78 is 5.58. The molecule has 1 unspecified atom stereocenters. The lowest BCUT2D eigenvalue weighted by atomic mass is 10.0. The summed E-state index contributed by atoms with van der Waals surface area (Å²) in [7, 11) is 1.71. The fraction of sp³-hybridized carbons (Fsp3) is 0.435. The van der Waals surface area contributed by atoms with Crippen LogP contribution >= 0.6 is 11.8 Å². The number of likely N-dealkylation sites (tertiary alicyclic amines) is 1. The molecule has 2 aromatic rings. The van der Waals surface area contributed by atoms with Crippen molar-refractivity contribution in [3.63, 3.8) is 0 Å². The third-order valence-corrected chi connectivity index (χ3v) is 6.43. The summed E-state index contributed by atoms with van der Waals surface area (Å²) in [5.74, 6) is 1.39. The van der Waals surface area contributed by atoms with E-state index in [0.29, 0.717) is 12.3 Å². The van der Waals surface area contributed by atoms with Gasteiger partial charge in [0, 0.05) is 17.0 Å². The van der Waals surface area contributed by atoms with Gasteiger partial charge in [-0.25, -0.2) is 0 Å². The van der Waals surface area contributed by atoms with E-state index in [-0.39, 0.29) is 11.9 Å². The second kappa shape index (κ2) is 9.99. The van der Waals surface area contributed by atoms with Gasteiger partial charge in [-0.1, -0.05) is 35.9 Å². The van der Waals surface area contributed by atoms with E-state index >= 15 is 0 Å². The molecule has 0 radical (unpaired) electrons. The minimum Gasteiger partial charge on any atom is -0.496 e. The van der Waals surface area contributed by atoms with E-state index in [1.807, 2.05) is 18.2 Å². The van der Waals surface area contributed by atoms with E-state index in [9.17, 15) is 4.79 Å².